The number of carbonyl (C=O) groups is 3. The highest BCUT2D eigenvalue weighted by Crippen LogP contribution is 2.25. The van der Waals surface area contributed by atoms with Gasteiger partial charge in [0, 0.05) is 35.3 Å². The molecule has 1 aromatic heterocycles. The normalized spacial score (nSPS) is 11.9. The van der Waals surface area contributed by atoms with Gasteiger partial charge in [0.05, 0.1) is 18.2 Å². The third-order valence-electron chi connectivity index (χ3n) is 5.06. The lowest BCUT2D eigenvalue weighted by Crippen LogP contribution is -2.24. The highest BCUT2D eigenvalue weighted by Gasteiger charge is 2.22. The summed E-state index contributed by atoms with van der Waals surface area (Å²) in [6, 6.07) is 6.13. The van der Waals surface area contributed by atoms with Gasteiger partial charge in [0.15, 0.2) is 0 Å². The summed E-state index contributed by atoms with van der Waals surface area (Å²) in [6.45, 7) is 10.4. The maximum absolute atomic E-state index is 12.5. The number of rotatable bonds is 8. The molecule has 0 saturated carbocycles. The van der Waals surface area contributed by atoms with E-state index in [9.17, 15) is 14.4 Å². The third-order valence-corrected chi connectivity index (χ3v) is 5.06. The van der Waals surface area contributed by atoms with E-state index < -0.39 is 12.0 Å². The zero-order valence-electron chi connectivity index (χ0n) is 18.6. The lowest BCUT2D eigenvalue weighted by Gasteiger charge is -2.13. The molecule has 0 saturated heterocycles. The van der Waals surface area contributed by atoms with Crippen molar-refractivity contribution in [3.8, 4) is 0 Å². The minimum absolute atomic E-state index is 0.257. The highest BCUT2D eigenvalue weighted by atomic mass is 16.5. The molecule has 0 fully saturated rings. The second-order valence-electron chi connectivity index (χ2n) is 7.10. The molecule has 1 aromatic carbocycles. The fourth-order valence-corrected chi connectivity index (χ4v) is 3.55. The Morgan fingerprint density at radius 3 is 2.32 bits per heavy atom. The standard InChI is InChI=1S/C23H30N4O4/c1-6-27-15(4)19(21(16(27)5)22(29)31-7-2)12-13-20(28)25-14(3)17-8-10-18(11-9-17)26-23(24)30/h8-14H,6-7H2,1-5H3,(H,25,28)(H3,24,26,30). The second-order valence-corrected chi connectivity index (χ2v) is 7.10. The first-order valence-corrected chi connectivity index (χ1v) is 10.2. The number of nitrogens with zero attached hydrogens (tertiary/aromatic N) is 1. The van der Waals surface area contributed by atoms with E-state index in [1.165, 1.54) is 6.08 Å². The van der Waals surface area contributed by atoms with Crippen LogP contribution in [0.2, 0.25) is 0 Å². The van der Waals surface area contributed by atoms with Crippen LogP contribution >= 0.6 is 0 Å². The maximum atomic E-state index is 12.5. The van der Waals surface area contributed by atoms with E-state index in [0.717, 1.165) is 17.0 Å². The number of carbonyl (C=O) groups excluding carboxylic acids is 3. The molecule has 1 atom stereocenters. The van der Waals surface area contributed by atoms with E-state index in [1.807, 2.05) is 32.3 Å². The first-order chi connectivity index (χ1) is 14.7. The highest BCUT2D eigenvalue weighted by molar-refractivity contribution is 5.99. The van der Waals surface area contributed by atoms with Gasteiger partial charge in [-0.05, 0) is 58.4 Å². The lowest BCUT2D eigenvalue weighted by atomic mass is 10.1. The van der Waals surface area contributed by atoms with Crippen molar-refractivity contribution in [1.82, 2.24) is 9.88 Å². The average Bonchev–Trinajstić information content (AvgIpc) is 2.95. The van der Waals surface area contributed by atoms with E-state index in [-0.39, 0.29) is 18.6 Å². The first kappa shape index (κ1) is 23.7. The molecule has 8 heteroatoms. The van der Waals surface area contributed by atoms with Gasteiger partial charge in [-0.15, -0.1) is 0 Å². The van der Waals surface area contributed by atoms with Gasteiger partial charge in [0.2, 0.25) is 5.91 Å². The number of anilines is 1. The van der Waals surface area contributed by atoms with Crippen molar-refractivity contribution in [2.24, 2.45) is 5.73 Å². The van der Waals surface area contributed by atoms with Gasteiger partial charge in [-0.25, -0.2) is 9.59 Å². The number of hydrogen-bond donors (Lipinski definition) is 3. The van der Waals surface area contributed by atoms with Crippen LogP contribution in [0.1, 0.15) is 59.7 Å². The van der Waals surface area contributed by atoms with Gasteiger partial charge in [-0.2, -0.15) is 0 Å². The molecule has 31 heavy (non-hydrogen) atoms. The number of urea groups is 1. The summed E-state index contributed by atoms with van der Waals surface area (Å²) >= 11 is 0. The zero-order valence-corrected chi connectivity index (χ0v) is 18.6. The van der Waals surface area contributed by atoms with Crippen molar-refractivity contribution in [3.63, 3.8) is 0 Å². The number of hydrogen-bond acceptors (Lipinski definition) is 4. The SMILES string of the molecule is CCOC(=O)c1c(C=CC(=O)NC(C)c2ccc(NC(N)=O)cc2)c(C)n(CC)c1C. The van der Waals surface area contributed by atoms with Crippen molar-refractivity contribution in [3.05, 3.63) is 58.4 Å². The van der Waals surface area contributed by atoms with Gasteiger partial charge >= 0.3 is 12.0 Å². The Kier molecular flexibility index (Phi) is 8.01. The van der Waals surface area contributed by atoms with E-state index in [4.69, 9.17) is 10.5 Å². The van der Waals surface area contributed by atoms with E-state index >= 15 is 0 Å². The van der Waals surface area contributed by atoms with Crippen LogP contribution in [0.4, 0.5) is 10.5 Å². The number of ether oxygens (including phenoxy) is 1. The molecule has 2 rings (SSSR count). The fraction of sp³-hybridized carbons (Fsp3) is 0.348. The summed E-state index contributed by atoms with van der Waals surface area (Å²) in [5.41, 5.74) is 9.43. The van der Waals surface area contributed by atoms with Crippen LogP contribution in [0.5, 0.6) is 0 Å². The largest absolute Gasteiger partial charge is 0.462 e. The van der Waals surface area contributed by atoms with Crippen LogP contribution < -0.4 is 16.4 Å². The van der Waals surface area contributed by atoms with Gasteiger partial charge in [-0.3, -0.25) is 4.79 Å². The number of nitrogens with one attached hydrogen (secondary N) is 2. The van der Waals surface area contributed by atoms with Crippen molar-refractivity contribution in [2.45, 2.75) is 47.2 Å². The summed E-state index contributed by atoms with van der Waals surface area (Å²) in [7, 11) is 0. The number of aromatic nitrogens is 1. The monoisotopic (exact) mass is 426 g/mol. The molecule has 0 aliphatic rings. The van der Waals surface area contributed by atoms with Crippen LogP contribution in [-0.4, -0.2) is 29.1 Å². The van der Waals surface area contributed by atoms with Crippen LogP contribution in [0.25, 0.3) is 6.08 Å². The number of primary amides is 1. The molecule has 1 unspecified atom stereocenters. The minimum Gasteiger partial charge on any atom is -0.462 e. The zero-order chi connectivity index (χ0) is 23.1. The van der Waals surface area contributed by atoms with Crippen molar-refractivity contribution >= 4 is 29.7 Å². The van der Waals surface area contributed by atoms with Gasteiger partial charge < -0.3 is 25.7 Å². The molecule has 3 amide bonds. The minimum atomic E-state index is -0.635. The third kappa shape index (κ3) is 5.75. The van der Waals surface area contributed by atoms with E-state index in [2.05, 4.69) is 10.6 Å². The smallest absolute Gasteiger partial charge is 0.340 e. The van der Waals surface area contributed by atoms with Crippen LogP contribution in [0.3, 0.4) is 0 Å². The molecule has 4 N–H and O–H groups in total. The van der Waals surface area contributed by atoms with Gasteiger partial charge in [0.1, 0.15) is 0 Å². The Morgan fingerprint density at radius 2 is 1.77 bits per heavy atom. The van der Waals surface area contributed by atoms with E-state index in [0.29, 0.717) is 23.4 Å². The molecule has 166 valence electrons. The summed E-state index contributed by atoms with van der Waals surface area (Å²) < 4.78 is 7.23. The van der Waals surface area contributed by atoms with Crippen molar-refractivity contribution in [1.29, 1.82) is 0 Å². The molecule has 8 nitrogen and oxygen atoms in total. The van der Waals surface area contributed by atoms with Crippen LogP contribution in [0, 0.1) is 13.8 Å². The Morgan fingerprint density at radius 1 is 1.13 bits per heavy atom. The molecule has 0 aliphatic heterocycles. The van der Waals surface area contributed by atoms with Gasteiger partial charge in [0.25, 0.3) is 0 Å². The lowest BCUT2D eigenvalue weighted by molar-refractivity contribution is -0.117. The topological polar surface area (TPSA) is 115 Å². The number of amides is 3. The Labute approximate surface area is 182 Å². The first-order valence-electron chi connectivity index (χ1n) is 10.2. The molecule has 0 radical (unpaired) electrons. The molecule has 0 aliphatic carbocycles. The number of nitrogens with two attached hydrogens (primary N) is 1. The molecule has 0 bridgehead atoms. The fourth-order valence-electron chi connectivity index (χ4n) is 3.55. The molecule has 0 spiro atoms. The van der Waals surface area contributed by atoms with Gasteiger partial charge in [-0.1, -0.05) is 12.1 Å². The second kappa shape index (κ2) is 10.5. The molecular weight excluding hydrogens is 396 g/mol. The van der Waals surface area contributed by atoms with Crippen LogP contribution in [-0.2, 0) is 16.1 Å². The van der Waals surface area contributed by atoms with Crippen LogP contribution in [0.15, 0.2) is 30.3 Å². The molecule has 1 heterocycles. The van der Waals surface area contributed by atoms with E-state index in [1.54, 1.807) is 37.3 Å². The predicted octanol–water partition coefficient (Wildman–Crippen LogP) is 3.68. The Bertz CT molecular complexity index is 990. The van der Waals surface area contributed by atoms with Crippen molar-refractivity contribution in [2.75, 3.05) is 11.9 Å². The molecular formula is C23H30N4O4. The summed E-state index contributed by atoms with van der Waals surface area (Å²) in [6.07, 6.45) is 3.08. The summed E-state index contributed by atoms with van der Waals surface area (Å²) in [4.78, 5) is 35.9. The Balaban J connectivity index is 2.17. The predicted molar refractivity (Wildman–Crippen MR) is 121 cm³/mol. The quantitative estimate of drug-likeness (QED) is 0.441. The molecule has 2 aromatic rings. The summed E-state index contributed by atoms with van der Waals surface area (Å²) in [5.74, 6) is -0.684. The summed E-state index contributed by atoms with van der Waals surface area (Å²) in [5, 5.41) is 5.39. The van der Waals surface area contributed by atoms with Crippen molar-refractivity contribution < 1.29 is 19.1 Å². The maximum Gasteiger partial charge on any atom is 0.340 e. The Hall–Kier alpha value is -3.55. The average molecular weight is 427 g/mol. The number of benzene rings is 1. The number of esters is 1.